The molecule has 1 saturated heterocycles. The minimum absolute atomic E-state index is 0.0391. The van der Waals surface area contributed by atoms with Gasteiger partial charge in [-0.25, -0.2) is 9.97 Å². The highest BCUT2D eigenvalue weighted by Crippen LogP contribution is 2.30. The molecule has 0 aromatic carbocycles. The van der Waals surface area contributed by atoms with Crippen LogP contribution in [0.3, 0.4) is 0 Å². The number of pyridine rings is 1. The third-order valence-corrected chi connectivity index (χ3v) is 4.88. The zero-order valence-corrected chi connectivity index (χ0v) is 16.6. The minimum atomic E-state index is -0.191. The fourth-order valence-electron chi connectivity index (χ4n) is 3.26. The number of carbonyl (C=O) groups is 2. The maximum atomic E-state index is 12.2. The van der Waals surface area contributed by atoms with Crippen LogP contribution in [0.4, 0.5) is 5.82 Å². The molecule has 0 aliphatic carbocycles. The molecule has 2 aromatic rings. The van der Waals surface area contributed by atoms with Gasteiger partial charge in [-0.3, -0.25) is 14.6 Å². The molecular weight excluding hydrogens is 356 g/mol. The Kier molecular flexibility index (Phi) is 6.18. The predicted octanol–water partition coefficient (Wildman–Crippen LogP) is 1.45. The fourth-order valence-corrected chi connectivity index (χ4v) is 3.26. The Morgan fingerprint density at radius 1 is 1.18 bits per heavy atom. The second kappa shape index (κ2) is 8.77. The molecule has 3 rings (SSSR count). The summed E-state index contributed by atoms with van der Waals surface area (Å²) in [6, 6.07) is 5.84. The molecule has 148 valence electrons. The molecule has 0 atom stereocenters. The number of likely N-dealkylation sites (tertiary alicyclic amines) is 1. The highest BCUT2D eigenvalue weighted by molar-refractivity contribution is 5.83. The number of hydrogen-bond donors (Lipinski definition) is 1. The van der Waals surface area contributed by atoms with Gasteiger partial charge < -0.3 is 15.1 Å². The van der Waals surface area contributed by atoms with E-state index in [9.17, 15) is 9.59 Å². The first-order valence-electron chi connectivity index (χ1n) is 9.43. The normalized spacial score (nSPS) is 14.6. The number of amides is 2. The molecule has 0 bridgehead atoms. The lowest BCUT2D eigenvalue weighted by molar-refractivity contribution is -0.133. The number of nitrogens with zero attached hydrogens (tertiary/aromatic N) is 5. The van der Waals surface area contributed by atoms with Crippen LogP contribution >= 0.6 is 0 Å². The van der Waals surface area contributed by atoms with E-state index in [1.807, 2.05) is 42.1 Å². The molecule has 28 heavy (non-hydrogen) atoms. The van der Waals surface area contributed by atoms with Gasteiger partial charge in [-0.15, -0.1) is 0 Å². The van der Waals surface area contributed by atoms with E-state index in [2.05, 4.69) is 15.3 Å². The van der Waals surface area contributed by atoms with Gasteiger partial charge in [0.1, 0.15) is 5.82 Å². The van der Waals surface area contributed by atoms with E-state index >= 15 is 0 Å². The molecule has 1 fully saturated rings. The molecule has 2 amide bonds. The summed E-state index contributed by atoms with van der Waals surface area (Å²) in [5, 5.41) is 2.57. The number of hydrogen-bond acceptors (Lipinski definition) is 6. The average molecular weight is 382 g/mol. The minimum Gasteiger partial charge on any atom is -0.363 e. The summed E-state index contributed by atoms with van der Waals surface area (Å²) in [4.78, 5) is 40.5. The first kappa shape index (κ1) is 19.7. The molecule has 1 N–H and O–H groups in total. The summed E-state index contributed by atoms with van der Waals surface area (Å²) in [6.45, 7) is 2.80. The van der Waals surface area contributed by atoms with E-state index in [1.165, 1.54) is 6.92 Å². The van der Waals surface area contributed by atoms with Crippen molar-refractivity contribution >= 4 is 17.6 Å². The first-order chi connectivity index (χ1) is 13.4. The zero-order chi connectivity index (χ0) is 20.1. The third kappa shape index (κ3) is 4.82. The maximum absolute atomic E-state index is 12.2. The van der Waals surface area contributed by atoms with Crippen LogP contribution in [0.5, 0.6) is 0 Å². The lowest BCUT2D eigenvalue weighted by Crippen LogP contribution is -2.43. The van der Waals surface area contributed by atoms with Crippen LogP contribution in [0.15, 0.2) is 30.6 Å². The van der Waals surface area contributed by atoms with E-state index in [1.54, 1.807) is 12.4 Å². The molecule has 2 aromatic heterocycles. The van der Waals surface area contributed by atoms with Crippen LogP contribution in [0.2, 0.25) is 0 Å². The molecule has 8 nitrogen and oxygen atoms in total. The van der Waals surface area contributed by atoms with Crippen LogP contribution in [-0.4, -0.2) is 65.4 Å². The monoisotopic (exact) mass is 382 g/mol. The second-order valence-electron chi connectivity index (χ2n) is 7.17. The van der Waals surface area contributed by atoms with Gasteiger partial charge in [-0.1, -0.05) is 0 Å². The van der Waals surface area contributed by atoms with Crippen LogP contribution < -0.4 is 10.2 Å². The molecule has 1 aliphatic rings. The second-order valence-corrected chi connectivity index (χ2v) is 7.17. The van der Waals surface area contributed by atoms with E-state index < -0.39 is 0 Å². The Morgan fingerprint density at radius 3 is 2.46 bits per heavy atom. The molecular formula is C20H26N6O2. The highest BCUT2D eigenvalue weighted by atomic mass is 16.2. The first-order valence-corrected chi connectivity index (χ1v) is 9.43. The Hall–Kier alpha value is -3.03. The number of aromatic nitrogens is 3. The molecule has 8 heteroatoms. The van der Waals surface area contributed by atoms with Crippen molar-refractivity contribution in [2.75, 3.05) is 38.6 Å². The van der Waals surface area contributed by atoms with Crippen molar-refractivity contribution in [2.24, 2.45) is 0 Å². The Labute approximate surface area is 165 Å². The number of anilines is 1. The van der Waals surface area contributed by atoms with E-state index in [4.69, 9.17) is 4.98 Å². The summed E-state index contributed by atoms with van der Waals surface area (Å²) in [6.07, 6.45) is 5.15. The molecule has 0 radical (unpaired) electrons. The van der Waals surface area contributed by atoms with Crippen molar-refractivity contribution in [3.05, 3.63) is 36.3 Å². The Balaban J connectivity index is 1.74. The van der Waals surface area contributed by atoms with Crippen molar-refractivity contribution in [2.45, 2.75) is 25.7 Å². The topological polar surface area (TPSA) is 91.3 Å². The lowest BCUT2D eigenvalue weighted by Gasteiger charge is -2.32. The van der Waals surface area contributed by atoms with Crippen molar-refractivity contribution < 1.29 is 9.59 Å². The molecule has 0 spiro atoms. The largest absolute Gasteiger partial charge is 0.363 e. The van der Waals surface area contributed by atoms with Gasteiger partial charge in [-0.05, 0) is 25.0 Å². The predicted molar refractivity (Wildman–Crippen MR) is 107 cm³/mol. The van der Waals surface area contributed by atoms with Crippen LogP contribution in [0, 0.1) is 0 Å². The van der Waals surface area contributed by atoms with Crippen molar-refractivity contribution in [3.63, 3.8) is 0 Å². The third-order valence-electron chi connectivity index (χ3n) is 4.88. The van der Waals surface area contributed by atoms with Crippen LogP contribution in [0.25, 0.3) is 11.4 Å². The van der Waals surface area contributed by atoms with E-state index in [0.29, 0.717) is 18.9 Å². The Bertz CT molecular complexity index is 832. The lowest BCUT2D eigenvalue weighted by atomic mass is 9.93. The van der Waals surface area contributed by atoms with E-state index in [-0.39, 0.29) is 24.3 Å². The van der Waals surface area contributed by atoms with Gasteiger partial charge >= 0.3 is 0 Å². The van der Waals surface area contributed by atoms with Crippen LogP contribution in [0.1, 0.15) is 31.4 Å². The Morgan fingerprint density at radius 2 is 1.86 bits per heavy atom. The van der Waals surface area contributed by atoms with Crippen LogP contribution in [-0.2, 0) is 9.59 Å². The fraction of sp³-hybridized carbons (Fsp3) is 0.450. The van der Waals surface area contributed by atoms with Gasteiger partial charge in [0.15, 0.2) is 5.82 Å². The molecule has 1 aliphatic heterocycles. The standard InChI is InChI=1S/C20H26N6O2/c1-14(27)22-13-19(28)26-10-6-15(7-11-26)17-12-18(25(2)3)24-20(23-17)16-4-8-21-9-5-16/h4-5,8-9,12,15H,6-7,10-11,13H2,1-3H3,(H,22,27). The highest BCUT2D eigenvalue weighted by Gasteiger charge is 2.25. The summed E-state index contributed by atoms with van der Waals surface area (Å²) in [5.41, 5.74) is 1.93. The average Bonchev–Trinajstić information content (AvgIpc) is 2.72. The van der Waals surface area contributed by atoms with Crippen molar-refractivity contribution in [3.8, 4) is 11.4 Å². The van der Waals surface area contributed by atoms with Gasteiger partial charge in [0.05, 0.1) is 6.54 Å². The zero-order valence-electron chi connectivity index (χ0n) is 16.6. The number of nitrogens with one attached hydrogen (secondary N) is 1. The van der Waals surface area contributed by atoms with Gasteiger partial charge in [0.25, 0.3) is 0 Å². The summed E-state index contributed by atoms with van der Waals surface area (Å²) in [5.74, 6) is 1.59. The van der Waals surface area contributed by atoms with Gasteiger partial charge in [0, 0.05) is 69.7 Å². The molecule has 0 saturated carbocycles. The summed E-state index contributed by atoms with van der Waals surface area (Å²) in [7, 11) is 3.93. The summed E-state index contributed by atoms with van der Waals surface area (Å²) >= 11 is 0. The van der Waals surface area contributed by atoms with Gasteiger partial charge in [0.2, 0.25) is 11.8 Å². The SMILES string of the molecule is CC(=O)NCC(=O)N1CCC(c2cc(N(C)C)nc(-c3ccncc3)n2)CC1. The molecule has 3 heterocycles. The van der Waals surface area contributed by atoms with Crippen molar-refractivity contribution in [1.82, 2.24) is 25.2 Å². The summed E-state index contributed by atoms with van der Waals surface area (Å²) < 4.78 is 0. The smallest absolute Gasteiger partial charge is 0.241 e. The molecule has 0 unspecified atom stereocenters. The van der Waals surface area contributed by atoms with Gasteiger partial charge in [-0.2, -0.15) is 0 Å². The van der Waals surface area contributed by atoms with E-state index in [0.717, 1.165) is 29.9 Å². The van der Waals surface area contributed by atoms with Crippen molar-refractivity contribution in [1.29, 1.82) is 0 Å². The quantitative estimate of drug-likeness (QED) is 0.842. The maximum Gasteiger partial charge on any atom is 0.241 e. The number of carbonyl (C=O) groups excluding carboxylic acids is 2. The number of piperidine rings is 1. The number of rotatable bonds is 5.